The zero-order valence-corrected chi connectivity index (χ0v) is 9.76. The first-order valence-electron chi connectivity index (χ1n) is 6.03. The standard InChI is InChI=1S/C13H17FN2O/c14-8-9-15-13(17)16-12-7-3-5-10-4-1-2-6-11(10)12/h3,5,7H,1-2,4,6,8-9H2,(H2,15,16,17). The van der Waals surface area contributed by atoms with Crippen molar-refractivity contribution in [2.24, 2.45) is 0 Å². The SMILES string of the molecule is O=C(NCCF)Nc1cccc2c1CCCC2. The van der Waals surface area contributed by atoms with Gasteiger partial charge in [0, 0.05) is 12.2 Å². The van der Waals surface area contributed by atoms with Gasteiger partial charge in [0.05, 0.1) is 0 Å². The molecule has 92 valence electrons. The summed E-state index contributed by atoms with van der Waals surface area (Å²) in [6.45, 7) is -0.485. The van der Waals surface area contributed by atoms with E-state index in [-0.39, 0.29) is 12.6 Å². The minimum atomic E-state index is -0.541. The molecule has 0 heterocycles. The number of hydrogen-bond acceptors (Lipinski definition) is 1. The summed E-state index contributed by atoms with van der Waals surface area (Å²) in [5.41, 5.74) is 3.41. The summed E-state index contributed by atoms with van der Waals surface area (Å²) in [6, 6.07) is 5.63. The molecule has 1 aromatic carbocycles. The predicted octanol–water partition coefficient (Wildman–Crippen LogP) is 2.66. The molecule has 0 saturated carbocycles. The molecule has 0 atom stereocenters. The van der Waals surface area contributed by atoms with E-state index in [0.29, 0.717) is 0 Å². The summed E-state index contributed by atoms with van der Waals surface area (Å²) < 4.78 is 11.9. The second kappa shape index (κ2) is 5.66. The molecule has 1 aliphatic carbocycles. The zero-order valence-electron chi connectivity index (χ0n) is 9.76. The fourth-order valence-electron chi connectivity index (χ4n) is 2.23. The molecule has 3 nitrogen and oxygen atoms in total. The average Bonchev–Trinajstić information content (AvgIpc) is 2.37. The van der Waals surface area contributed by atoms with Crippen LogP contribution < -0.4 is 10.6 Å². The van der Waals surface area contributed by atoms with Crippen LogP contribution in [-0.2, 0) is 12.8 Å². The van der Waals surface area contributed by atoms with Crippen LogP contribution in [0.1, 0.15) is 24.0 Å². The molecule has 0 unspecified atom stereocenters. The maximum Gasteiger partial charge on any atom is 0.319 e. The van der Waals surface area contributed by atoms with E-state index in [9.17, 15) is 9.18 Å². The van der Waals surface area contributed by atoms with Gasteiger partial charge >= 0.3 is 6.03 Å². The minimum absolute atomic E-state index is 0.0564. The van der Waals surface area contributed by atoms with E-state index in [1.54, 1.807) is 0 Å². The summed E-state index contributed by atoms with van der Waals surface area (Å²) >= 11 is 0. The number of aryl methyl sites for hydroxylation is 1. The Morgan fingerprint density at radius 3 is 2.94 bits per heavy atom. The lowest BCUT2D eigenvalue weighted by Crippen LogP contribution is -2.30. The first-order valence-corrected chi connectivity index (χ1v) is 6.03. The molecule has 0 aliphatic heterocycles. The van der Waals surface area contributed by atoms with E-state index >= 15 is 0 Å². The van der Waals surface area contributed by atoms with Gasteiger partial charge in [0.2, 0.25) is 0 Å². The van der Waals surface area contributed by atoms with Crippen LogP contribution in [0.4, 0.5) is 14.9 Å². The van der Waals surface area contributed by atoms with Crippen molar-refractivity contribution in [1.82, 2.24) is 5.32 Å². The van der Waals surface area contributed by atoms with Crippen molar-refractivity contribution in [3.63, 3.8) is 0 Å². The third kappa shape index (κ3) is 2.96. The number of benzene rings is 1. The molecule has 0 spiro atoms. The molecule has 1 aliphatic rings. The van der Waals surface area contributed by atoms with Crippen molar-refractivity contribution in [3.05, 3.63) is 29.3 Å². The van der Waals surface area contributed by atoms with Gasteiger partial charge in [-0.05, 0) is 42.9 Å². The minimum Gasteiger partial charge on any atom is -0.335 e. The first kappa shape index (κ1) is 11.9. The second-order valence-electron chi connectivity index (χ2n) is 4.22. The van der Waals surface area contributed by atoms with Gasteiger partial charge in [0.1, 0.15) is 6.67 Å². The number of carbonyl (C=O) groups excluding carboxylic acids is 1. The quantitative estimate of drug-likeness (QED) is 0.832. The number of halogens is 1. The smallest absolute Gasteiger partial charge is 0.319 e. The monoisotopic (exact) mass is 236 g/mol. The van der Waals surface area contributed by atoms with E-state index in [4.69, 9.17) is 0 Å². The Morgan fingerprint density at radius 1 is 1.29 bits per heavy atom. The molecular weight excluding hydrogens is 219 g/mol. The fraction of sp³-hybridized carbons (Fsp3) is 0.462. The second-order valence-corrected chi connectivity index (χ2v) is 4.22. The molecule has 1 aromatic rings. The highest BCUT2D eigenvalue weighted by molar-refractivity contribution is 5.90. The van der Waals surface area contributed by atoms with Crippen LogP contribution in [0, 0.1) is 0 Å². The Morgan fingerprint density at radius 2 is 2.12 bits per heavy atom. The van der Waals surface area contributed by atoms with Crippen LogP contribution in [-0.4, -0.2) is 19.3 Å². The number of rotatable bonds is 3. The Kier molecular flexibility index (Phi) is 3.96. The van der Waals surface area contributed by atoms with E-state index in [0.717, 1.165) is 24.9 Å². The summed E-state index contributed by atoms with van der Waals surface area (Å²) in [6.07, 6.45) is 4.47. The third-order valence-electron chi connectivity index (χ3n) is 3.02. The normalized spacial score (nSPS) is 13.9. The highest BCUT2D eigenvalue weighted by Gasteiger charge is 2.13. The van der Waals surface area contributed by atoms with E-state index < -0.39 is 6.67 Å². The van der Waals surface area contributed by atoms with Crippen LogP contribution >= 0.6 is 0 Å². The maximum absolute atomic E-state index is 11.9. The van der Waals surface area contributed by atoms with Gasteiger partial charge < -0.3 is 10.6 Å². The molecule has 2 N–H and O–H groups in total. The molecule has 17 heavy (non-hydrogen) atoms. The van der Waals surface area contributed by atoms with Gasteiger partial charge in [-0.15, -0.1) is 0 Å². The number of amides is 2. The van der Waals surface area contributed by atoms with Crippen LogP contribution in [0.15, 0.2) is 18.2 Å². The van der Waals surface area contributed by atoms with Gasteiger partial charge in [-0.2, -0.15) is 0 Å². The lowest BCUT2D eigenvalue weighted by Gasteiger charge is -2.19. The van der Waals surface area contributed by atoms with Gasteiger partial charge in [-0.25, -0.2) is 9.18 Å². The fourth-order valence-corrected chi connectivity index (χ4v) is 2.23. The topological polar surface area (TPSA) is 41.1 Å². The van der Waals surface area contributed by atoms with Gasteiger partial charge in [-0.3, -0.25) is 0 Å². The third-order valence-corrected chi connectivity index (χ3v) is 3.02. The van der Waals surface area contributed by atoms with Crippen molar-refractivity contribution in [3.8, 4) is 0 Å². The Bertz CT molecular complexity index is 406. The van der Waals surface area contributed by atoms with Crippen LogP contribution in [0.25, 0.3) is 0 Å². The molecule has 2 rings (SSSR count). The highest BCUT2D eigenvalue weighted by Crippen LogP contribution is 2.27. The van der Waals surface area contributed by atoms with E-state index in [1.165, 1.54) is 17.5 Å². The molecule has 0 fully saturated rings. The predicted molar refractivity (Wildman–Crippen MR) is 66.1 cm³/mol. The lowest BCUT2D eigenvalue weighted by molar-refractivity contribution is 0.251. The first-order chi connectivity index (χ1) is 8.31. The van der Waals surface area contributed by atoms with Crippen molar-refractivity contribution < 1.29 is 9.18 Å². The number of nitrogens with one attached hydrogen (secondary N) is 2. The molecule has 4 heteroatoms. The zero-order chi connectivity index (χ0) is 12.1. The van der Waals surface area contributed by atoms with Crippen LogP contribution in [0.3, 0.4) is 0 Å². The van der Waals surface area contributed by atoms with Crippen LogP contribution in [0.5, 0.6) is 0 Å². The molecule has 2 amide bonds. The Labute approximate surface area is 100 Å². The number of urea groups is 1. The highest BCUT2D eigenvalue weighted by atomic mass is 19.1. The summed E-state index contributed by atoms with van der Waals surface area (Å²) in [4.78, 5) is 11.5. The Balaban J connectivity index is 2.08. The van der Waals surface area contributed by atoms with Crippen molar-refractivity contribution in [2.45, 2.75) is 25.7 Å². The van der Waals surface area contributed by atoms with E-state index in [2.05, 4.69) is 16.7 Å². The molecule has 0 aromatic heterocycles. The van der Waals surface area contributed by atoms with Gasteiger partial charge in [0.25, 0.3) is 0 Å². The number of anilines is 1. The number of carbonyl (C=O) groups is 1. The summed E-state index contributed by atoms with van der Waals surface area (Å²) in [5.74, 6) is 0. The summed E-state index contributed by atoms with van der Waals surface area (Å²) in [5, 5.41) is 5.25. The van der Waals surface area contributed by atoms with Crippen molar-refractivity contribution in [2.75, 3.05) is 18.5 Å². The van der Waals surface area contributed by atoms with E-state index in [1.807, 2.05) is 12.1 Å². The molecule has 0 radical (unpaired) electrons. The Hall–Kier alpha value is -1.58. The maximum atomic E-state index is 11.9. The summed E-state index contributed by atoms with van der Waals surface area (Å²) in [7, 11) is 0. The van der Waals surface area contributed by atoms with Crippen molar-refractivity contribution in [1.29, 1.82) is 0 Å². The molecular formula is C13H17FN2O. The number of alkyl halides is 1. The van der Waals surface area contributed by atoms with Gasteiger partial charge in [0.15, 0.2) is 0 Å². The molecule has 0 bridgehead atoms. The number of hydrogen-bond donors (Lipinski definition) is 2. The van der Waals surface area contributed by atoms with Crippen LogP contribution in [0.2, 0.25) is 0 Å². The van der Waals surface area contributed by atoms with Gasteiger partial charge in [-0.1, -0.05) is 12.1 Å². The molecule has 0 saturated heterocycles. The lowest BCUT2D eigenvalue weighted by atomic mass is 9.90. The average molecular weight is 236 g/mol. The largest absolute Gasteiger partial charge is 0.335 e. The van der Waals surface area contributed by atoms with Crippen molar-refractivity contribution >= 4 is 11.7 Å². The number of fused-ring (bicyclic) bond motifs is 1.